The Morgan fingerprint density at radius 2 is 2.10 bits per heavy atom. The van der Waals surface area contributed by atoms with E-state index in [-0.39, 0.29) is 17.2 Å². The fourth-order valence-corrected chi connectivity index (χ4v) is 4.70. The molecule has 1 aromatic carbocycles. The van der Waals surface area contributed by atoms with Crippen molar-refractivity contribution in [3.05, 3.63) is 24.3 Å². The minimum Gasteiger partial charge on any atom is -0.496 e. The average Bonchev–Trinajstić information content (AvgIpc) is 3.47. The lowest BCUT2D eigenvalue weighted by atomic mass is 10.2. The summed E-state index contributed by atoms with van der Waals surface area (Å²) in [5.41, 5.74) is 0. The zero-order valence-corrected chi connectivity index (χ0v) is 17.7. The van der Waals surface area contributed by atoms with Crippen LogP contribution in [0.1, 0.15) is 39.0 Å². The maximum atomic E-state index is 13.0. The van der Waals surface area contributed by atoms with Crippen molar-refractivity contribution >= 4 is 23.8 Å². The molecule has 156 valence electrons. The lowest BCUT2D eigenvalue weighted by Gasteiger charge is -2.25. The quantitative estimate of drug-likeness (QED) is 0.365. The number of rotatable bonds is 8. The highest BCUT2D eigenvalue weighted by molar-refractivity contribution is 8.00. The standard InChI is InChI=1S/C21H27N3O4S/c1-3-4-11-28-21(26)23-13-16(29-19-8-6-5-7-18(19)27-2)12-17(23)20(25)24(14-22)15-9-10-15/h5-8,15-17H,3-4,9-13H2,1-2H3. The second kappa shape index (κ2) is 9.88. The molecule has 0 aromatic heterocycles. The molecule has 0 radical (unpaired) electrons. The van der Waals surface area contributed by atoms with Crippen molar-refractivity contribution < 1.29 is 19.1 Å². The number of nitrogens with zero attached hydrogens (tertiary/aromatic N) is 3. The minimum absolute atomic E-state index is 0.0127. The number of hydrogen-bond donors (Lipinski definition) is 0. The van der Waals surface area contributed by atoms with Gasteiger partial charge in [-0.3, -0.25) is 9.69 Å². The molecule has 7 nitrogen and oxygen atoms in total. The number of likely N-dealkylation sites (tertiary alicyclic amines) is 1. The molecule has 2 unspecified atom stereocenters. The van der Waals surface area contributed by atoms with Gasteiger partial charge in [-0.05, 0) is 37.8 Å². The Morgan fingerprint density at radius 1 is 1.34 bits per heavy atom. The Morgan fingerprint density at radius 3 is 2.76 bits per heavy atom. The zero-order valence-electron chi connectivity index (χ0n) is 16.9. The molecule has 1 aliphatic heterocycles. The van der Waals surface area contributed by atoms with Gasteiger partial charge >= 0.3 is 6.09 Å². The summed E-state index contributed by atoms with van der Waals surface area (Å²) in [5.74, 6) is 0.464. The number of unbranched alkanes of at least 4 members (excludes halogenated alkanes) is 1. The van der Waals surface area contributed by atoms with Crippen LogP contribution >= 0.6 is 11.8 Å². The Labute approximate surface area is 175 Å². The Balaban J connectivity index is 1.75. The van der Waals surface area contributed by atoms with Crippen molar-refractivity contribution in [1.82, 2.24) is 9.80 Å². The molecular formula is C21H27N3O4S. The third-order valence-corrected chi connectivity index (χ3v) is 6.39. The first kappa shape index (κ1) is 21.3. The molecular weight excluding hydrogens is 390 g/mol. The van der Waals surface area contributed by atoms with Gasteiger partial charge in [0.05, 0.1) is 13.7 Å². The number of hydrogen-bond acceptors (Lipinski definition) is 6. The number of thioether (sulfide) groups is 1. The summed E-state index contributed by atoms with van der Waals surface area (Å²) in [6.45, 7) is 2.76. The van der Waals surface area contributed by atoms with Crippen LogP contribution in [0.5, 0.6) is 5.75 Å². The van der Waals surface area contributed by atoms with E-state index in [0.717, 1.165) is 36.3 Å². The van der Waals surface area contributed by atoms with Gasteiger partial charge < -0.3 is 9.47 Å². The van der Waals surface area contributed by atoms with Crippen LogP contribution in [-0.2, 0) is 9.53 Å². The molecule has 8 heteroatoms. The lowest BCUT2D eigenvalue weighted by Crippen LogP contribution is -2.47. The number of carbonyl (C=O) groups is 2. The van der Waals surface area contributed by atoms with Gasteiger partial charge in [-0.2, -0.15) is 5.26 Å². The fourth-order valence-electron chi connectivity index (χ4n) is 3.41. The van der Waals surface area contributed by atoms with E-state index in [2.05, 4.69) is 0 Å². The van der Waals surface area contributed by atoms with Gasteiger partial charge in [0.1, 0.15) is 11.8 Å². The van der Waals surface area contributed by atoms with Gasteiger partial charge in [-0.25, -0.2) is 9.69 Å². The SMILES string of the molecule is CCCCOC(=O)N1CC(Sc2ccccc2OC)CC1C(=O)N(C#N)C1CC1. The van der Waals surface area contributed by atoms with Gasteiger partial charge in [0.15, 0.2) is 6.19 Å². The first-order valence-corrected chi connectivity index (χ1v) is 10.9. The van der Waals surface area contributed by atoms with Crippen LogP contribution in [0.4, 0.5) is 4.79 Å². The van der Waals surface area contributed by atoms with Crippen LogP contribution in [-0.4, -0.2) is 59.4 Å². The number of methoxy groups -OCH3 is 1. The molecule has 1 heterocycles. The zero-order chi connectivity index (χ0) is 20.8. The smallest absolute Gasteiger partial charge is 0.410 e. The highest BCUT2D eigenvalue weighted by atomic mass is 32.2. The summed E-state index contributed by atoms with van der Waals surface area (Å²) >= 11 is 1.59. The summed E-state index contributed by atoms with van der Waals surface area (Å²) in [6, 6.07) is 7.00. The van der Waals surface area contributed by atoms with Gasteiger partial charge in [-0.15, -0.1) is 11.8 Å². The molecule has 2 fully saturated rings. The largest absolute Gasteiger partial charge is 0.496 e. The highest BCUT2D eigenvalue weighted by Gasteiger charge is 2.45. The second-order valence-corrected chi connectivity index (χ2v) is 8.64. The molecule has 2 aliphatic rings. The first-order chi connectivity index (χ1) is 14.1. The number of ether oxygens (including phenoxy) is 2. The molecule has 2 atom stereocenters. The predicted octanol–water partition coefficient (Wildman–Crippen LogP) is 3.64. The van der Waals surface area contributed by atoms with Gasteiger partial charge in [0.25, 0.3) is 5.91 Å². The number of amides is 2. The third-order valence-electron chi connectivity index (χ3n) is 5.13. The van der Waals surface area contributed by atoms with Crippen molar-refractivity contribution in [2.45, 2.75) is 61.3 Å². The second-order valence-electron chi connectivity index (χ2n) is 7.30. The van der Waals surface area contributed by atoms with E-state index in [1.165, 1.54) is 9.80 Å². The van der Waals surface area contributed by atoms with Gasteiger partial charge in [-0.1, -0.05) is 25.5 Å². The number of nitriles is 1. The summed E-state index contributed by atoms with van der Waals surface area (Å²) < 4.78 is 10.8. The molecule has 1 saturated heterocycles. The maximum Gasteiger partial charge on any atom is 0.410 e. The van der Waals surface area contributed by atoms with E-state index in [0.29, 0.717) is 19.6 Å². The molecule has 0 N–H and O–H groups in total. The summed E-state index contributed by atoms with van der Waals surface area (Å²) in [4.78, 5) is 29.4. The van der Waals surface area contributed by atoms with Crippen molar-refractivity contribution in [2.24, 2.45) is 0 Å². The van der Waals surface area contributed by atoms with E-state index >= 15 is 0 Å². The normalized spacial score (nSPS) is 20.8. The average molecular weight is 418 g/mol. The van der Waals surface area contributed by atoms with Crippen molar-refractivity contribution in [3.8, 4) is 11.9 Å². The van der Waals surface area contributed by atoms with E-state index in [9.17, 15) is 14.9 Å². The van der Waals surface area contributed by atoms with Gasteiger partial charge in [0, 0.05) is 22.7 Å². The van der Waals surface area contributed by atoms with Crippen LogP contribution in [0.3, 0.4) is 0 Å². The van der Waals surface area contributed by atoms with Crippen molar-refractivity contribution in [1.29, 1.82) is 5.26 Å². The van der Waals surface area contributed by atoms with Crippen molar-refractivity contribution in [3.63, 3.8) is 0 Å². The van der Waals surface area contributed by atoms with E-state index in [4.69, 9.17) is 9.47 Å². The van der Waals surface area contributed by atoms with E-state index in [1.54, 1.807) is 18.9 Å². The maximum absolute atomic E-state index is 13.0. The fraction of sp³-hybridized carbons (Fsp3) is 0.571. The van der Waals surface area contributed by atoms with Crippen molar-refractivity contribution in [2.75, 3.05) is 20.3 Å². The monoisotopic (exact) mass is 417 g/mol. The lowest BCUT2D eigenvalue weighted by molar-refractivity contribution is -0.132. The Kier molecular flexibility index (Phi) is 7.26. The molecule has 0 spiro atoms. The van der Waals surface area contributed by atoms with Crippen LogP contribution in [0.2, 0.25) is 0 Å². The molecule has 1 aliphatic carbocycles. The third kappa shape index (κ3) is 5.15. The van der Waals surface area contributed by atoms with Crippen LogP contribution in [0.25, 0.3) is 0 Å². The highest BCUT2D eigenvalue weighted by Crippen LogP contribution is 2.39. The Bertz CT molecular complexity index is 777. The Hall–Kier alpha value is -2.40. The summed E-state index contributed by atoms with van der Waals surface area (Å²) in [5, 5.41) is 9.45. The first-order valence-electron chi connectivity index (χ1n) is 10.0. The number of para-hydroxylation sites is 1. The van der Waals surface area contributed by atoms with Gasteiger partial charge in [0.2, 0.25) is 0 Å². The topological polar surface area (TPSA) is 82.9 Å². The molecule has 0 bridgehead atoms. The number of carbonyl (C=O) groups excluding carboxylic acids is 2. The molecule has 3 rings (SSSR count). The van der Waals surface area contributed by atoms with E-state index in [1.807, 2.05) is 37.4 Å². The number of benzene rings is 1. The summed E-state index contributed by atoms with van der Waals surface area (Å²) in [6.07, 6.45) is 5.40. The molecule has 2 amide bonds. The molecule has 1 aromatic rings. The molecule has 29 heavy (non-hydrogen) atoms. The van der Waals surface area contributed by atoms with E-state index < -0.39 is 12.1 Å². The van der Waals surface area contributed by atoms with Crippen LogP contribution in [0, 0.1) is 11.5 Å². The predicted molar refractivity (Wildman–Crippen MR) is 109 cm³/mol. The van der Waals surface area contributed by atoms with Crippen LogP contribution in [0.15, 0.2) is 29.2 Å². The van der Waals surface area contributed by atoms with Crippen LogP contribution < -0.4 is 4.74 Å². The minimum atomic E-state index is -0.670. The molecule has 1 saturated carbocycles. The summed E-state index contributed by atoms with van der Waals surface area (Å²) in [7, 11) is 1.62.